The summed E-state index contributed by atoms with van der Waals surface area (Å²) in [5.74, 6) is 1.32. The van der Waals surface area contributed by atoms with E-state index in [2.05, 4.69) is 28.2 Å². The average molecular weight is 309 g/mol. The zero-order chi connectivity index (χ0) is 12.0. The molecule has 1 atom stereocenters. The van der Waals surface area contributed by atoms with Crippen molar-refractivity contribution in [1.29, 1.82) is 0 Å². The molecule has 0 aliphatic rings. The van der Waals surface area contributed by atoms with Crippen LogP contribution in [0.2, 0.25) is 0 Å². The van der Waals surface area contributed by atoms with Gasteiger partial charge < -0.3 is 9.73 Å². The number of alkyl halides is 1. The number of hydrogen-bond acceptors (Lipinski definition) is 2. The van der Waals surface area contributed by atoms with Crippen molar-refractivity contribution >= 4 is 33.4 Å². The zero-order valence-electron chi connectivity index (χ0n) is 9.13. The summed E-state index contributed by atoms with van der Waals surface area (Å²) >= 11 is 8.83. The Bertz CT molecular complexity index is 340. The van der Waals surface area contributed by atoms with Crippen LogP contribution in [-0.2, 0) is 0 Å². The van der Waals surface area contributed by atoms with E-state index in [1.165, 1.54) is 0 Å². The zero-order valence-corrected chi connectivity index (χ0v) is 11.5. The molecule has 16 heavy (non-hydrogen) atoms. The van der Waals surface area contributed by atoms with E-state index in [0.29, 0.717) is 28.8 Å². The number of rotatable bonds is 6. The van der Waals surface area contributed by atoms with E-state index in [4.69, 9.17) is 16.0 Å². The van der Waals surface area contributed by atoms with E-state index in [-0.39, 0.29) is 5.91 Å². The van der Waals surface area contributed by atoms with Gasteiger partial charge in [0.1, 0.15) is 0 Å². The summed E-state index contributed by atoms with van der Waals surface area (Å²) in [6.45, 7) is 2.75. The third-order valence-corrected chi connectivity index (χ3v) is 3.17. The lowest BCUT2D eigenvalue weighted by molar-refractivity contribution is 0.0923. The normalized spacial score (nSPS) is 12.4. The van der Waals surface area contributed by atoms with Crippen molar-refractivity contribution in [2.45, 2.75) is 19.8 Å². The van der Waals surface area contributed by atoms with Crippen LogP contribution >= 0.6 is 27.5 Å². The second kappa shape index (κ2) is 6.97. The molecule has 1 rings (SSSR count). The largest absolute Gasteiger partial charge is 0.444 e. The lowest BCUT2D eigenvalue weighted by Crippen LogP contribution is -2.24. The fraction of sp³-hybridized carbons (Fsp3) is 0.545. The molecule has 1 unspecified atom stereocenters. The standard InChI is InChI=1S/C11H15BrClNO2/c1-8(7-13)3-2-6-14-11(15)9-4-5-10(12)16-9/h4-5,8H,2-3,6-7H2,1H3,(H,14,15). The van der Waals surface area contributed by atoms with E-state index in [9.17, 15) is 4.79 Å². The van der Waals surface area contributed by atoms with Crippen LogP contribution < -0.4 is 5.32 Å². The Labute approximate surface area is 109 Å². The third kappa shape index (κ3) is 4.58. The maximum atomic E-state index is 11.5. The van der Waals surface area contributed by atoms with Gasteiger partial charge in [0.25, 0.3) is 5.91 Å². The van der Waals surface area contributed by atoms with Crippen LogP contribution in [0.3, 0.4) is 0 Å². The molecular weight excluding hydrogens is 293 g/mol. The Hall–Kier alpha value is -0.480. The SMILES string of the molecule is CC(CCl)CCCNC(=O)c1ccc(Br)o1. The van der Waals surface area contributed by atoms with Crippen molar-refractivity contribution in [3.63, 3.8) is 0 Å². The molecule has 0 spiro atoms. The monoisotopic (exact) mass is 307 g/mol. The first-order valence-electron chi connectivity index (χ1n) is 5.23. The van der Waals surface area contributed by atoms with Crippen LogP contribution in [-0.4, -0.2) is 18.3 Å². The van der Waals surface area contributed by atoms with Gasteiger partial charge >= 0.3 is 0 Å². The summed E-state index contributed by atoms with van der Waals surface area (Å²) in [5.41, 5.74) is 0. The maximum Gasteiger partial charge on any atom is 0.287 e. The number of amides is 1. The predicted molar refractivity (Wildman–Crippen MR) is 67.9 cm³/mol. The molecule has 0 aromatic carbocycles. The molecule has 0 bridgehead atoms. The Kier molecular flexibility index (Phi) is 5.91. The summed E-state index contributed by atoms with van der Waals surface area (Å²) in [4.78, 5) is 11.5. The summed E-state index contributed by atoms with van der Waals surface area (Å²) in [5, 5.41) is 2.80. The van der Waals surface area contributed by atoms with Gasteiger partial charge in [-0.1, -0.05) is 6.92 Å². The van der Waals surface area contributed by atoms with Gasteiger partial charge in [-0.25, -0.2) is 0 Å². The highest BCUT2D eigenvalue weighted by Crippen LogP contribution is 2.13. The average Bonchev–Trinajstić information content (AvgIpc) is 2.70. The van der Waals surface area contributed by atoms with Crippen molar-refractivity contribution in [2.24, 2.45) is 5.92 Å². The highest BCUT2D eigenvalue weighted by Gasteiger charge is 2.09. The van der Waals surface area contributed by atoms with Gasteiger partial charge in [-0.3, -0.25) is 4.79 Å². The van der Waals surface area contributed by atoms with Crippen molar-refractivity contribution in [1.82, 2.24) is 5.32 Å². The Balaban J connectivity index is 2.21. The van der Waals surface area contributed by atoms with Gasteiger partial charge in [-0.05, 0) is 46.8 Å². The van der Waals surface area contributed by atoms with Crippen molar-refractivity contribution in [2.75, 3.05) is 12.4 Å². The summed E-state index contributed by atoms with van der Waals surface area (Å²) in [6.07, 6.45) is 1.95. The van der Waals surface area contributed by atoms with E-state index >= 15 is 0 Å². The molecule has 1 heterocycles. The Morgan fingerprint density at radius 3 is 2.94 bits per heavy atom. The van der Waals surface area contributed by atoms with Crippen molar-refractivity contribution in [3.8, 4) is 0 Å². The number of carbonyl (C=O) groups is 1. The molecule has 0 saturated carbocycles. The molecule has 0 radical (unpaired) electrons. The number of furan rings is 1. The van der Waals surface area contributed by atoms with Gasteiger partial charge in [0.05, 0.1) is 0 Å². The topological polar surface area (TPSA) is 42.2 Å². The number of hydrogen-bond donors (Lipinski definition) is 1. The highest BCUT2D eigenvalue weighted by molar-refractivity contribution is 9.10. The minimum Gasteiger partial charge on any atom is -0.444 e. The maximum absolute atomic E-state index is 11.5. The summed E-state index contributed by atoms with van der Waals surface area (Å²) < 4.78 is 5.69. The smallest absolute Gasteiger partial charge is 0.287 e. The molecular formula is C11H15BrClNO2. The first-order chi connectivity index (χ1) is 7.63. The minimum atomic E-state index is -0.177. The molecule has 1 aromatic rings. The molecule has 0 fully saturated rings. The van der Waals surface area contributed by atoms with Crippen LogP contribution in [0.1, 0.15) is 30.3 Å². The molecule has 90 valence electrons. The number of nitrogens with one attached hydrogen (secondary N) is 1. The molecule has 1 N–H and O–H groups in total. The second-order valence-corrected chi connectivity index (χ2v) is 4.85. The minimum absolute atomic E-state index is 0.177. The quantitative estimate of drug-likeness (QED) is 0.646. The first kappa shape index (κ1) is 13.6. The lowest BCUT2D eigenvalue weighted by atomic mass is 10.1. The second-order valence-electron chi connectivity index (χ2n) is 3.76. The molecule has 0 aliphatic carbocycles. The van der Waals surface area contributed by atoms with Gasteiger partial charge in [-0.15, -0.1) is 11.6 Å². The third-order valence-electron chi connectivity index (χ3n) is 2.22. The lowest BCUT2D eigenvalue weighted by Gasteiger charge is -2.07. The Morgan fingerprint density at radius 2 is 2.38 bits per heavy atom. The molecule has 3 nitrogen and oxygen atoms in total. The Morgan fingerprint density at radius 1 is 1.62 bits per heavy atom. The van der Waals surface area contributed by atoms with E-state index in [0.717, 1.165) is 12.8 Å². The van der Waals surface area contributed by atoms with Crippen LogP contribution in [0.15, 0.2) is 21.2 Å². The fourth-order valence-electron chi connectivity index (χ4n) is 1.25. The van der Waals surface area contributed by atoms with Crippen molar-refractivity contribution < 1.29 is 9.21 Å². The molecule has 0 aliphatic heterocycles. The molecule has 0 saturated heterocycles. The van der Waals surface area contributed by atoms with Crippen LogP contribution in [0.5, 0.6) is 0 Å². The molecule has 1 aromatic heterocycles. The number of carbonyl (C=O) groups excluding carboxylic acids is 1. The van der Waals surface area contributed by atoms with Gasteiger partial charge in [-0.2, -0.15) is 0 Å². The van der Waals surface area contributed by atoms with E-state index in [1.807, 2.05) is 0 Å². The first-order valence-corrected chi connectivity index (χ1v) is 6.55. The van der Waals surface area contributed by atoms with Crippen molar-refractivity contribution in [3.05, 3.63) is 22.6 Å². The van der Waals surface area contributed by atoms with E-state index < -0.39 is 0 Å². The number of halogens is 2. The highest BCUT2D eigenvalue weighted by atomic mass is 79.9. The summed E-state index contributed by atoms with van der Waals surface area (Å²) in [7, 11) is 0. The van der Waals surface area contributed by atoms with Crippen LogP contribution in [0, 0.1) is 5.92 Å². The molecule has 5 heteroatoms. The van der Waals surface area contributed by atoms with Crippen LogP contribution in [0.4, 0.5) is 0 Å². The summed E-state index contributed by atoms with van der Waals surface area (Å²) in [6, 6.07) is 3.34. The van der Waals surface area contributed by atoms with Gasteiger partial charge in [0.2, 0.25) is 0 Å². The predicted octanol–water partition coefficient (Wildman–Crippen LogP) is 3.43. The van der Waals surface area contributed by atoms with Gasteiger partial charge in [0, 0.05) is 12.4 Å². The fourth-order valence-corrected chi connectivity index (χ4v) is 1.71. The van der Waals surface area contributed by atoms with E-state index in [1.54, 1.807) is 12.1 Å². The van der Waals surface area contributed by atoms with Gasteiger partial charge in [0.15, 0.2) is 10.4 Å². The van der Waals surface area contributed by atoms with Crippen LogP contribution in [0.25, 0.3) is 0 Å². The molecule has 1 amide bonds.